The van der Waals surface area contributed by atoms with Crippen LogP contribution in [-0.4, -0.2) is 22.1 Å². The van der Waals surface area contributed by atoms with Gasteiger partial charge in [-0.2, -0.15) is 5.10 Å². The van der Waals surface area contributed by atoms with E-state index in [-0.39, 0.29) is 5.78 Å². The molecule has 0 saturated carbocycles. The zero-order valence-corrected chi connectivity index (χ0v) is 10.7. The second kappa shape index (κ2) is 5.49. The molecule has 0 saturated heterocycles. The standard InChI is InChI=1S/C14H17N3O/c1-11-8-13(17(2)16-11)9-14(18)10-15-12-6-4-3-5-7-12/h3-8,15H,9-10H2,1-2H3. The Kier molecular flexibility index (Phi) is 3.77. The lowest BCUT2D eigenvalue weighted by atomic mass is 10.2. The Labute approximate surface area is 107 Å². The number of para-hydroxylation sites is 1. The average Bonchev–Trinajstić information content (AvgIpc) is 2.67. The van der Waals surface area contributed by atoms with Crippen molar-refractivity contribution in [1.29, 1.82) is 0 Å². The molecule has 2 rings (SSSR count). The van der Waals surface area contributed by atoms with Gasteiger partial charge in [-0.1, -0.05) is 18.2 Å². The third kappa shape index (κ3) is 3.20. The first kappa shape index (κ1) is 12.4. The van der Waals surface area contributed by atoms with Crippen LogP contribution in [0.25, 0.3) is 0 Å². The van der Waals surface area contributed by atoms with Gasteiger partial charge >= 0.3 is 0 Å². The van der Waals surface area contributed by atoms with Crippen molar-refractivity contribution in [1.82, 2.24) is 9.78 Å². The molecule has 1 heterocycles. The molecular formula is C14H17N3O. The normalized spacial score (nSPS) is 10.3. The summed E-state index contributed by atoms with van der Waals surface area (Å²) in [6, 6.07) is 11.7. The highest BCUT2D eigenvalue weighted by molar-refractivity contribution is 5.84. The van der Waals surface area contributed by atoms with Gasteiger partial charge in [-0.3, -0.25) is 9.48 Å². The molecular weight excluding hydrogens is 226 g/mol. The lowest BCUT2D eigenvalue weighted by Gasteiger charge is -2.05. The van der Waals surface area contributed by atoms with Crippen LogP contribution in [-0.2, 0) is 18.3 Å². The van der Waals surface area contributed by atoms with Crippen LogP contribution in [0, 0.1) is 6.92 Å². The summed E-state index contributed by atoms with van der Waals surface area (Å²) in [5.41, 5.74) is 2.86. The van der Waals surface area contributed by atoms with Crippen LogP contribution in [0.1, 0.15) is 11.4 Å². The number of Topliss-reactive ketones (excluding diaryl/α,β-unsaturated/α-hetero) is 1. The molecule has 1 aromatic carbocycles. The van der Waals surface area contributed by atoms with Gasteiger partial charge < -0.3 is 5.32 Å². The SMILES string of the molecule is Cc1cc(CC(=O)CNc2ccccc2)n(C)n1. The molecule has 0 amide bonds. The molecule has 0 atom stereocenters. The van der Waals surface area contributed by atoms with Gasteiger partial charge in [0.15, 0.2) is 5.78 Å². The second-order valence-corrected chi connectivity index (χ2v) is 4.34. The molecule has 0 fully saturated rings. The van der Waals surface area contributed by atoms with Gasteiger partial charge in [-0.25, -0.2) is 0 Å². The van der Waals surface area contributed by atoms with Crippen LogP contribution in [0.2, 0.25) is 0 Å². The number of carbonyl (C=O) groups excluding carboxylic acids is 1. The van der Waals surface area contributed by atoms with E-state index < -0.39 is 0 Å². The first-order valence-corrected chi connectivity index (χ1v) is 5.95. The van der Waals surface area contributed by atoms with Crippen molar-refractivity contribution in [2.24, 2.45) is 7.05 Å². The molecule has 1 N–H and O–H groups in total. The number of aryl methyl sites for hydroxylation is 2. The number of benzene rings is 1. The van der Waals surface area contributed by atoms with Crippen molar-refractivity contribution in [2.45, 2.75) is 13.3 Å². The van der Waals surface area contributed by atoms with Crippen molar-refractivity contribution in [3.8, 4) is 0 Å². The molecule has 94 valence electrons. The van der Waals surface area contributed by atoms with Crippen molar-refractivity contribution in [2.75, 3.05) is 11.9 Å². The first-order chi connectivity index (χ1) is 8.65. The van der Waals surface area contributed by atoms with E-state index in [0.29, 0.717) is 13.0 Å². The van der Waals surface area contributed by atoms with Gasteiger partial charge in [0.05, 0.1) is 18.7 Å². The summed E-state index contributed by atoms with van der Waals surface area (Å²) < 4.78 is 1.76. The van der Waals surface area contributed by atoms with E-state index in [0.717, 1.165) is 17.1 Å². The number of rotatable bonds is 5. The summed E-state index contributed by atoms with van der Waals surface area (Å²) in [5, 5.41) is 7.34. The topological polar surface area (TPSA) is 46.9 Å². The third-order valence-electron chi connectivity index (χ3n) is 2.74. The molecule has 0 aliphatic heterocycles. The van der Waals surface area contributed by atoms with E-state index in [4.69, 9.17) is 0 Å². The zero-order chi connectivity index (χ0) is 13.0. The Balaban J connectivity index is 1.88. The van der Waals surface area contributed by atoms with E-state index >= 15 is 0 Å². The largest absolute Gasteiger partial charge is 0.378 e. The first-order valence-electron chi connectivity index (χ1n) is 5.95. The molecule has 0 radical (unpaired) electrons. The number of nitrogens with one attached hydrogen (secondary N) is 1. The Hall–Kier alpha value is -2.10. The van der Waals surface area contributed by atoms with Crippen molar-refractivity contribution in [3.05, 3.63) is 47.8 Å². The fourth-order valence-electron chi connectivity index (χ4n) is 1.85. The molecule has 0 aliphatic rings. The Bertz CT molecular complexity index is 531. The highest BCUT2D eigenvalue weighted by atomic mass is 16.1. The molecule has 1 aromatic heterocycles. The van der Waals surface area contributed by atoms with Gasteiger partial charge in [-0.05, 0) is 25.1 Å². The molecule has 2 aromatic rings. The summed E-state index contributed by atoms with van der Waals surface area (Å²) in [6.45, 7) is 2.27. The molecule has 0 bridgehead atoms. The van der Waals surface area contributed by atoms with Gasteiger partial charge in [0, 0.05) is 18.4 Å². The summed E-state index contributed by atoms with van der Waals surface area (Å²) in [7, 11) is 1.86. The summed E-state index contributed by atoms with van der Waals surface area (Å²) in [5.74, 6) is 0.154. The number of hydrogen-bond donors (Lipinski definition) is 1. The van der Waals surface area contributed by atoms with Gasteiger partial charge in [-0.15, -0.1) is 0 Å². The van der Waals surface area contributed by atoms with Crippen molar-refractivity contribution >= 4 is 11.5 Å². The minimum Gasteiger partial charge on any atom is -0.378 e. The number of anilines is 1. The Morgan fingerprint density at radius 2 is 2.06 bits per heavy atom. The fourth-order valence-corrected chi connectivity index (χ4v) is 1.85. The van der Waals surface area contributed by atoms with Crippen LogP contribution in [0.15, 0.2) is 36.4 Å². The average molecular weight is 243 g/mol. The minimum atomic E-state index is 0.154. The lowest BCUT2D eigenvalue weighted by molar-refractivity contribution is -0.116. The zero-order valence-electron chi connectivity index (χ0n) is 10.7. The van der Waals surface area contributed by atoms with Gasteiger partial charge in [0.1, 0.15) is 0 Å². The number of ketones is 1. The van der Waals surface area contributed by atoms with E-state index in [1.807, 2.05) is 50.4 Å². The predicted molar refractivity (Wildman–Crippen MR) is 71.6 cm³/mol. The van der Waals surface area contributed by atoms with Crippen LogP contribution in [0.5, 0.6) is 0 Å². The van der Waals surface area contributed by atoms with Crippen molar-refractivity contribution < 1.29 is 4.79 Å². The maximum Gasteiger partial charge on any atom is 0.157 e. The summed E-state index contributed by atoms with van der Waals surface area (Å²) in [4.78, 5) is 11.8. The van der Waals surface area contributed by atoms with Crippen LogP contribution >= 0.6 is 0 Å². The molecule has 0 spiro atoms. The quantitative estimate of drug-likeness (QED) is 0.873. The Morgan fingerprint density at radius 1 is 1.33 bits per heavy atom. The van der Waals surface area contributed by atoms with E-state index in [1.165, 1.54) is 0 Å². The fraction of sp³-hybridized carbons (Fsp3) is 0.286. The second-order valence-electron chi connectivity index (χ2n) is 4.34. The van der Waals surface area contributed by atoms with E-state index in [1.54, 1.807) is 4.68 Å². The predicted octanol–water partition coefficient (Wildman–Crippen LogP) is 1.95. The van der Waals surface area contributed by atoms with Crippen molar-refractivity contribution in [3.63, 3.8) is 0 Å². The molecule has 18 heavy (non-hydrogen) atoms. The van der Waals surface area contributed by atoms with Crippen LogP contribution in [0.4, 0.5) is 5.69 Å². The maximum atomic E-state index is 11.8. The highest BCUT2D eigenvalue weighted by Crippen LogP contribution is 2.06. The number of nitrogens with zero attached hydrogens (tertiary/aromatic N) is 2. The molecule has 4 nitrogen and oxygen atoms in total. The van der Waals surface area contributed by atoms with Crippen LogP contribution in [0.3, 0.4) is 0 Å². The Morgan fingerprint density at radius 3 is 2.67 bits per heavy atom. The van der Waals surface area contributed by atoms with E-state index in [9.17, 15) is 4.79 Å². The molecule has 0 unspecified atom stereocenters. The van der Waals surface area contributed by atoms with Crippen LogP contribution < -0.4 is 5.32 Å². The monoisotopic (exact) mass is 243 g/mol. The summed E-state index contributed by atoms with van der Waals surface area (Å²) >= 11 is 0. The third-order valence-corrected chi connectivity index (χ3v) is 2.74. The highest BCUT2D eigenvalue weighted by Gasteiger charge is 2.08. The van der Waals surface area contributed by atoms with Gasteiger partial charge in [0.2, 0.25) is 0 Å². The van der Waals surface area contributed by atoms with E-state index in [2.05, 4.69) is 10.4 Å². The maximum absolute atomic E-state index is 11.8. The minimum absolute atomic E-state index is 0.154. The van der Waals surface area contributed by atoms with Gasteiger partial charge in [0.25, 0.3) is 0 Å². The molecule has 0 aliphatic carbocycles. The number of carbonyl (C=O) groups is 1. The number of hydrogen-bond acceptors (Lipinski definition) is 3. The number of aromatic nitrogens is 2. The molecule has 4 heteroatoms. The summed E-state index contributed by atoms with van der Waals surface area (Å²) in [6.07, 6.45) is 0.414. The smallest absolute Gasteiger partial charge is 0.157 e. The lowest BCUT2D eigenvalue weighted by Crippen LogP contribution is -2.17.